The molecule has 1 aromatic carbocycles. The second-order valence-corrected chi connectivity index (χ2v) is 4.74. The Kier molecular flexibility index (Phi) is 9.16. The summed E-state index contributed by atoms with van der Waals surface area (Å²) in [6.07, 6.45) is 0.703. The Balaban J connectivity index is 0.00000400. The second kappa shape index (κ2) is 10.0. The van der Waals surface area contributed by atoms with Crippen LogP contribution in [-0.4, -0.2) is 30.6 Å². The Bertz CT molecular complexity index is 440. The average molecular weight is 315 g/mol. The molecule has 1 aromatic rings. The first-order chi connectivity index (χ1) is 9.49. The molecule has 7 heteroatoms. The number of benzene rings is 1. The third kappa shape index (κ3) is 8.16. The number of carbonyl (C=O) groups excluding carboxylic acids is 2. The number of urea groups is 1. The largest absolute Gasteiger partial charge is 0.354 e. The van der Waals surface area contributed by atoms with E-state index in [1.165, 1.54) is 0 Å². The number of hydrogen-bond acceptors (Lipinski definition) is 3. The molecule has 0 aliphatic rings. The minimum Gasteiger partial charge on any atom is -0.354 e. The molecule has 5 N–H and O–H groups in total. The number of para-hydroxylation sites is 1. The van der Waals surface area contributed by atoms with Crippen LogP contribution in [0.3, 0.4) is 0 Å². The molecule has 6 nitrogen and oxygen atoms in total. The van der Waals surface area contributed by atoms with Crippen molar-refractivity contribution >= 4 is 30.0 Å². The first-order valence-electron chi connectivity index (χ1n) is 6.65. The summed E-state index contributed by atoms with van der Waals surface area (Å²) in [7, 11) is 0. The fraction of sp³-hybridized carbons (Fsp3) is 0.429. The number of amides is 3. The first kappa shape index (κ1) is 19.2. The Morgan fingerprint density at radius 1 is 1.19 bits per heavy atom. The summed E-state index contributed by atoms with van der Waals surface area (Å²) in [5.41, 5.74) is 6.27. The molecule has 2 atom stereocenters. The van der Waals surface area contributed by atoms with Gasteiger partial charge in [-0.2, -0.15) is 0 Å². The molecule has 0 aliphatic carbocycles. The van der Waals surface area contributed by atoms with Gasteiger partial charge in [-0.25, -0.2) is 4.79 Å². The van der Waals surface area contributed by atoms with Gasteiger partial charge in [-0.3, -0.25) is 4.79 Å². The van der Waals surface area contributed by atoms with Crippen molar-refractivity contribution in [2.24, 2.45) is 5.73 Å². The predicted molar refractivity (Wildman–Crippen MR) is 86.6 cm³/mol. The molecule has 21 heavy (non-hydrogen) atoms. The van der Waals surface area contributed by atoms with Gasteiger partial charge in [0, 0.05) is 18.3 Å². The molecule has 0 bridgehead atoms. The highest BCUT2D eigenvalue weighted by atomic mass is 35.5. The molecule has 2 unspecified atom stereocenters. The zero-order valence-electron chi connectivity index (χ0n) is 12.3. The van der Waals surface area contributed by atoms with E-state index in [2.05, 4.69) is 16.0 Å². The van der Waals surface area contributed by atoms with E-state index >= 15 is 0 Å². The predicted octanol–water partition coefficient (Wildman–Crippen LogP) is 1.47. The van der Waals surface area contributed by atoms with Crippen molar-refractivity contribution in [3.8, 4) is 0 Å². The minimum absolute atomic E-state index is 0. The molecule has 0 saturated carbocycles. The fourth-order valence-corrected chi connectivity index (χ4v) is 1.53. The van der Waals surface area contributed by atoms with Crippen molar-refractivity contribution in [2.75, 3.05) is 11.9 Å². The van der Waals surface area contributed by atoms with E-state index in [4.69, 9.17) is 5.73 Å². The van der Waals surface area contributed by atoms with Crippen molar-refractivity contribution in [1.82, 2.24) is 10.6 Å². The molecule has 0 fully saturated rings. The van der Waals surface area contributed by atoms with Gasteiger partial charge in [0.05, 0.1) is 0 Å². The lowest BCUT2D eigenvalue weighted by atomic mass is 10.2. The van der Waals surface area contributed by atoms with Crippen molar-refractivity contribution in [2.45, 2.75) is 32.4 Å². The van der Waals surface area contributed by atoms with Crippen molar-refractivity contribution < 1.29 is 9.59 Å². The second-order valence-electron chi connectivity index (χ2n) is 4.74. The molecule has 0 spiro atoms. The maximum absolute atomic E-state index is 11.7. The van der Waals surface area contributed by atoms with E-state index in [0.29, 0.717) is 18.7 Å². The fourth-order valence-electron chi connectivity index (χ4n) is 1.53. The van der Waals surface area contributed by atoms with E-state index in [-0.39, 0.29) is 24.4 Å². The number of hydrogen-bond donors (Lipinski definition) is 4. The number of anilines is 1. The van der Waals surface area contributed by atoms with Crippen LogP contribution >= 0.6 is 12.4 Å². The quantitative estimate of drug-likeness (QED) is 0.640. The number of nitrogens with two attached hydrogens (primary N) is 1. The first-order valence-corrected chi connectivity index (χ1v) is 6.65. The van der Waals surface area contributed by atoms with Crippen LogP contribution in [0, 0.1) is 0 Å². The number of halogens is 1. The lowest BCUT2D eigenvalue weighted by Gasteiger charge is -2.15. The molecule has 0 aliphatic heterocycles. The van der Waals surface area contributed by atoms with Gasteiger partial charge >= 0.3 is 6.03 Å². The highest BCUT2D eigenvalue weighted by Crippen LogP contribution is 2.04. The van der Waals surface area contributed by atoms with Crippen molar-refractivity contribution in [3.05, 3.63) is 30.3 Å². The Labute approximate surface area is 131 Å². The van der Waals surface area contributed by atoms with Crippen LogP contribution < -0.4 is 21.7 Å². The molecular weight excluding hydrogens is 292 g/mol. The van der Waals surface area contributed by atoms with Crippen LogP contribution in [0.1, 0.15) is 20.3 Å². The van der Waals surface area contributed by atoms with Crippen LogP contribution in [-0.2, 0) is 4.79 Å². The standard InChI is InChI=1S/C14H22N4O2.ClH/c1-10(15)8-9-16-13(19)11(2)17-14(20)18-12-6-4-3-5-7-12;/h3-7,10-11H,8-9,15H2,1-2H3,(H,16,19)(H2,17,18,20);1H. The molecule has 0 heterocycles. The molecule has 0 aromatic heterocycles. The third-order valence-electron chi connectivity index (χ3n) is 2.67. The summed E-state index contributed by atoms with van der Waals surface area (Å²) in [6.45, 7) is 4.01. The van der Waals surface area contributed by atoms with Gasteiger partial charge in [0.15, 0.2) is 0 Å². The molecule has 0 radical (unpaired) electrons. The summed E-state index contributed by atoms with van der Waals surface area (Å²) in [4.78, 5) is 23.4. The van der Waals surface area contributed by atoms with Gasteiger partial charge in [-0.1, -0.05) is 18.2 Å². The Morgan fingerprint density at radius 3 is 2.38 bits per heavy atom. The van der Waals surface area contributed by atoms with Gasteiger partial charge in [0.2, 0.25) is 5.91 Å². The van der Waals surface area contributed by atoms with Crippen LogP contribution in [0.15, 0.2) is 30.3 Å². The lowest BCUT2D eigenvalue weighted by Crippen LogP contribution is -2.46. The number of carbonyl (C=O) groups is 2. The maximum atomic E-state index is 11.7. The minimum atomic E-state index is -0.605. The van der Waals surface area contributed by atoms with Crippen LogP contribution in [0.4, 0.5) is 10.5 Å². The van der Waals surface area contributed by atoms with Crippen LogP contribution in [0.25, 0.3) is 0 Å². The zero-order chi connectivity index (χ0) is 15.0. The Morgan fingerprint density at radius 2 is 1.81 bits per heavy atom. The summed E-state index contributed by atoms with van der Waals surface area (Å²) < 4.78 is 0. The maximum Gasteiger partial charge on any atom is 0.319 e. The molecule has 118 valence electrons. The number of nitrogens with one attached hydrogen (secondary N) is 3. The van der Waals surface area contributed by atoms with E-state index in [9.17, 15) is 9.59 Å². The summed E-state index contributed by atoms with van der Waals surface area (Å²) in [5, 5.41) is 7.95. The smallest absolute Gasteiger partial charge is 0.319 e. The van der Waals surface area contributed by atoms with Gasteiger partial charge in [-0.15, -0.1) is 12.4 Å². The van der Waals surface area contributed by atoms with Gasteiger partial charge in [0.1, 0.15) is 6.04 Å². The molecular formula is C14H23ClN4O2. The van der Waals surface area contributed by atoms with E-state index < -0.39 is 12.1 Å². The summed E-state index contributed by atoms with van der Waals surface area (Å²) in [5.74, 6) is -0.228. The molecule has 0 saturated heterocycles. The summed E-state index contributed by atoms with van der Waals surface area (Å²) in [6, 6.07) is 8.06. The van der Waals surface area contributed by atoms with Gasteiger partial charge < -0.3 is 21.7 Å². The van der Waals surface area contributed by atoms with Gasteiger partial charge in [0.25, 0.3) is 0 Å². The van der Waals surface area contributed by atoms with Crippen LogP contribution in [0.5, 0.6) is 0 Å². The lowest BCUT2D eigenvalue weighted by molar-refractivity contribution is -0.122. The highest BCUT2D eigenvalue weighted by Gasteiger charge is 2.15. The monoisotopic (exact) mass is 314 g/mol. The van der Waals surface area contributed by atoms with Crippen molar-refractivity contribution in [1.29, 1.82) is 0 Å². The van der Waals surface area contributed by atoms with Gasteiger partial charge in [-0.05, 0) is 32.4 Å². The van der Waals surface area contributed by atoms with Crippen molar-refractivity contribution in [3.63, 3.8) is 0 Å². The Hall–Kier alpha value is -1.79. The zero-order valence-corrected chi connectivity index (χ0v) is 13.1. The van der Waals surface area contributed by atoms with Crippen LogP contribution in [0.2, 0.25) is 0 Å². The molecule has 3 amide bonds. The van der Waals surface area contributed by atoms with E-state index in [1.54, 1.807) is 19.1 Å². The van der Waals surface area contributed by atoms with E-state index in [0.717, 1.165) is 0 Å². The molecule has 1 rings (SSSR count). The third-order valence-corrected chi connectivity index (χ3v) is 2.67. The SMILES string of the molecule is CC(N)CCNC(=O)C(C)NC(=O)Nc1ccccc1.Cl. The topological polar surface area (TPSA) is 96.2 Å². The number of rotatable bonds is 6. The van der Waals surface area contributed by atoms with E-state index in [1.807, 2.05) is 25.1 Å². The highest BCUT2D eigenvalue weighted by molar-refractivity contribution is 5.93. The average Bonchev–Trinajstić information content (AvgIpc) is 2.39. The normalized spacial score (nSPS) is 12.5. The summed E-state index contributed by atoms with van der Waals surface area (Å²) >= 11 is 0.